The van der Waals surface area contributed by atoms with Crippen LogP contribution in [0.3, 0.4) is 0 Å². The molecule has 0 bridgehead atoms. The lowest BCUT2D eigenvalue weighted by Gasteiger charge is -1.99. The van der Waals surface area contributed by atoms with Gasteiger partial charge in [-0.2, -0.15) is 0 Å². The highest BCUT2D eigenvalue weighted by molar-refractivity contribution is 5.44. The van der Waals surface area contributed by atoms with E-state index in [4.69, 9.17) is 0 Å². The van der Waals surface area contributed by atoms with Crippen molar-refractivity contribution in [2.24, 2.45) is 0 Å². The molecule has 0 aromatic rings. The van der Waals surface area contributed by atoms with E-state index >= 15 is 0 Å². The van der Waals surface area contributed by atoms with Gasteiger partial charge in [-0.05, 0) is 31.9 Å². The van der Waals surface area contributed by atoms with Crippen molar-refractivity contribution < 1.29 is 0 Å². The van der Waals surface area contributed by atoms with Crippen LogP contribution < -0.4 is 0 Å². The maximum absolute atomic E-state index is 3.74. The first-order chi connectivity index (χ1) is 5.29. The molecule has 0 N–H and O–H groups in total. The average Bonchev–Trinajstić information content (AvgIpc) is 2.05. The molecule has 0 aliphatic carbocycles. The van der Waals surface area contributed by atoms with Gasteiger partial charge in [-0.1, -0.05) is 37.0 Å². The molecule has 0 fully saturated rings. The fourth-order valence-electron chi connectivity index (χ4n) is 0.941. The SMILES string of the molecule is C=CC(=C\C)/C(/C=C\C)=C/C. The quantitative estimate of drug-likeness (QED) is 0.536. The molecule has 0 saturated heterocycles. The monoisotopic (exact) mass is 148 g/mol. The first kappa shape index (κ1) is 9.96. The van der Waals surface area contributed by atoms with Crippen LogP contribution in [0.2, 0.25) is 0 Å². The fraction of sp³-hybridized carbons (Fsp3) is 0.273. The molecule has 0 atom stereocenters. The highest BCUT2D eigenvalue weighted by atomic mass is 14.0. The van der Waals surface area contributed by atoms with E-state index in [1.807, 2.05) is 32.9 Å². The van der Waals surface area contributed by atoms with Gasteiger partial charge in [-0.3, -0.25) is 0 Å². The molecular weight excluding hydrogens is 132 g/mol. The molecule has 0 amide bonds. The predicted octanol–water partition coefficient (Wildman–Crippen LogP) is 3.64. The van der Waals surface area contributed by atoms with Gasteiger partial charge >= 0.3 is 0 Å². The Balaban J connectivity index is 4.64. The first-order valence-corrected chi connectivity index (χ1v) is 3.88. The molecule has 0 rings (SSSR count). The number of hydrogen-bond donors (Lipinski definition) is 0. The molecule has 0 heterocycles. The van der Waals surface area contributed by atoms with Crippen molar-refractivity contribution in [1.82, 2.24) is 0 Å². The molecule has 0 aliphatic rings. The lowest BCUT2D eigenvalue weighted by molar-refractivity contribution is 1.46. The minimum absolute atomic E-state index is 1.19. The summed E-state index contributed by atoms with van der Waals surface area (Å²) >= 11 is 0. The van der Waals surface area contributed by atoms with Gasteiger partial charge in [0.2, 0.25) is 0 Å². The number of allylic oxidation sites excluding steroid dienone is 7. The van der Waals surface area contributed by atoms with E-state index in [0.29, 0.717) is 0 Å². The smallest absolute Gasteiger partial charge is 0.0234 e. The van der Waals surface area contributed by atoms with Gasteiger partial charge in [-0.15, -0.1) is 0 Å². The Morgan fingerprint density at radius 2 is 1.55 bits per heavy atom. The summed E-state index contributed by atoms with van der Waals surface area (Å²) in [5, 5.41) is 0. The van der Waals surface area contributed by atoms with Gasteiger partial charge < -0.3 is 0 Å². The molecule has 11 heavy (non-hydrogen) atoms. The summed E-state index contributed by atoms with van der Waals surface area (Å²) in [5.74, 6) is 0. The van der Waals surface area contributed by atoms with E-state index < -0.39 is 0 Å². The van der Waals surface area contributed by atoms with E-state index in [1.165, 1.54) is 11.1 Å². The van der Waals surface area contributed by atoms with Gasteiger partial charge in [0.25, 0.3) is 0 Å². The lowest BCUT2D eigenvalue weighted by atomic mass is 10.1. The van der Waals surface area contributed by atoms with Gasteiger partial charge in [-0.25, -0.2) is 0 Å². The van der Waals surface area contributed by atoms with E-state index in [2.05, 4.69) is 24.8 Å². The van der Waals surface area contributed by atoms with Crippen LogP contribution in [0.15, 0.2) is 48.1 Å². The number of rotatable bonds is 3. The van der Waals surface area contributed by atoms with Crippen molar-refractivity contribution in [2.45, 2.75) is 20.8 Å². The second kappa shape index (κ2) is 5.72. The maximum atomic E-state index is 3.74. The van der Waals surface area contributed by atoms with E-state index in [0.717, 1.165) is 0 Å². The van der Waals surface area contributed by atoms with Crippen molar-refractivity contribution in [2.75, 3.05) is 0 Å². The third kappa shape index (κ3) is 3.03. The molecule has 0 unspecified atom stereocenters. The minimum atomic E-state index is 1.19. The Labute approximate surface area is 69.6 Å². The predicted molar refractivity (Wildman–Crippen MR) is 52.5 cm³/mol. The topological polar surface area (TPSA) is 0 Å². The lowest BCUT2D eigenvalue weighted by Crippen LogP contribution is -1.80. The molecule has 0 spiro atoms. The van der Waals surface area contributed by atoms with Gasteiger partial charge in [0.05, 0.1) is 0 Å². The Morgan fingerprint density at radius 1 is 1.00 bits per heavy atom. The molecule has 60 valence electrons. The van der Waals surface area contributed by atoms with Gasteiger partial charge in [0.1, 0.15) is 0 Å². The van der Waals surface area contributed by atoms with E-state index in [1.54, 1.807) is 0 Å². The Bertz CT molecular complexity index is 202. The standard InChI is InChI=1S/C11H16/c1-5-9-11(8-4)10(6-2)7-3/h5-9H,2H2,1,3-4H3/b9-5-,10-7+,11-8+. The van der Waals surface area contributed by atoms with Crippen LogP contribution in [0, 0.1) is 0 Å². The van der Waals surface area contributed by atoms with Crippen molar-refractivity contribution in [3.63, 3.8) is 0 Å². The molecular formula is C11H16. The minimum Gasteiger partial charge on any atom is -0.0985 e. The molecule has 0 heteroatoms. The first-order valence-electron chi connectivity index (χ1n) is 3.88. The van der Waals surface area contributed by atoms with Crippen molar-refractivity contribution in [3.8, 4) is 0 Å². The molecule has 0 saturated carbocycles. The molecule has 0 aromatic carbocycles. The summed E-state index contributed by atoms with van der Waals surface area (Å²) in [6.45, 7) is 9.80. The summed E-state index contributed by atoms with van der Waals surface area (Å²) in [7, 11) is 0. The van der Waals surface area contributed by atoms with Gasteiger partial charge in [0.15, 0.2) is 0 Å². The van der Waals surface area contributed by atoms with Crippen molar-refractivity contribution in [1.29, 1.82) is 0 Å². The number of hydrogen-bond acceptors (Lipinski definition) is 0. The summed E-state index contributed by atoms with van der Waals surface area (Å²) in [4.78, 5) is 0. The molecule has 0 aromatic heterocycles. The average molecular weight is 148 g/mol. The summed E-state index contributed by atoms with van der Waals surface area (Å²) < 4.78 is 0. The highest BCUT2D eigenvalue weighted by Crippen LogP contribution is 2.11. The summed E-state index contributed by atoms with van der Waals surface area (Å²) in [6, 6.07) is 0. The normalized spacial score (nSPS) is 14.1. The van der Waals surface area contributed by atoms with Crippen molar-refractivity contribution >= 4 is 0 Å². The fourth-order valence-corrected chi connectivity index (χ4v) is 0.941. The Hall–Kier alpha value is -1.04. The zero-order valence-electron chi connectivity index (χ0n) is 7.59. The van der Waals surface area contributed by atoms with Crippen LogP contribution in [0.4, 0.5) is 0 Å². The van der Waals surface area contributed by atoms with Crippen molar-refractivity contribution in [3.05, 3.63) is 48.1 Å². The second-order valence-electron chi connectivity index (χ2n) is 2.19. The van der Waals surface area contributed by atoms with Crippen LogP contribution in [-0.4, -0.2) is 0 Å². The van der Waals surface area contributed by atoms with Gasteiger partial charge in [0, 0.05) is 0 Å². The third-order valence-corrected chi connectivity index (χ3v) is 1.52. The van der Waals surface area contributed by atoms with Crippen LogP contribution in [0.5, 0.6) is 0 Å². The van der Waals surface area contributed by atoms with Crippen LogP contribution in [-0.2, 0) is 0 Å². The van der Waals surface area contributed by atoms with Crippen LogP contribution >= 0.6 is 0 Å². The zero-order chi connectivity index (χ0) is 8.69. The van der Waals surface area contributed by atoms with Crippen LogP contribution in [0.25, 0.3) is 0 Å². The molecule has 0 nitrogen and oxygen atoms in total. The largest absolute Gasteiger partial charge is 0.0985 e. The zero-order valence-corrected chi connectivity index (χ0v) is 7.59. The highest BCUT2D eigenvalue weighted by Gasteiger charge is 1.92. The Morgan fingerprint density at radius 3 is 1.82 bits per heavy atom. The molecule has 0 radical (unpaired) electrons. The third-order valence-electron chi connectivity index (χ3n) is 1.52. The van der Waals surface area contributed by atoms with Crippen LogP contribution in [0.1, 0.15) is 20.8 Å². The Kier molecular flexibility index (Phi) is 5.18. The summed E-state index contributed by atoms with van der Waals surface area (Å²) in [6.07, 6.45) is 10.1. The maximum Gasteiger partial charge on any atom is -0.0234 e. The van der Waals surface area contributed by atoms with E-state index in [-0.39, 0.29) is 0 Å². The van der Waals surface area contributed by atoms with E-state index in [9.17, 15) is 0 Å². The molecule has 0 aliphatic heterocycles. The summed E-state index contributed by atoms with van der Waals surface area (Å²) in [5.41, 5.74) is 2.41. The second-order valence-corrected chi connectivity index (χ2v) is 2.19.